The zero-order valence-corrected chi connectivity index (χ0v) is 19.2. The van der Waals surface area contributed by atoms with Crippen molar-refractivity contribution in [2.24, 2.45) is 5.92 Å². The van der Waals surface area contributed by atoms with Crippen LogP contribution >= 0.6 is 0 Å². The van der Waals surface area contributed by atoms with Gasteiger partial charge in [-0.25, -0.2) is 9.78 Å². The maximum atomic E-state index is 11.8. The van der Waals surface area contributed by atoms with E-state index >= 15 is 0 Å². The predicted molar refractivity (Wildman–Crippen MR) is 122 cm³/mol. The molecule has 3 aromatic rings. The first-order valence-corrected chi connectivity index (χ1v) is 11.1. The van der Waals surface area contributed by atoms with Gasteiger partial charge >= 0.3 is 5.97 Å². The van der Waals surface area contributed by atoms with Gasteiger partial charge in [0.15, 0.2) is 0 Å². The van der Waals surface area contributed by atoms with Crippen LogP contribution < -0.4 is 4.74 Å². The Morgan fingerprint density at radius 2 is 1.79 bits per heavy atom. The monoisotopic (exact) mass is 451 g/mol. The number of rotatable bonds is 8. The number of hydrogen-bond donors (Lipinski definition) is 0. The number of ether oxygens (including phenoxy) is 4. The molecule has 4 rings (SSSR count). The Morgan fingerprint density at radius 1 is 1.09 bits per heavy atom. The Hall–Kier alpha value is -3.16. The molecule has 0 atom stereocenters. The Labute approximate surface area is 193 Å². The van der Waals surface area contributed by atoms with Crippen LogP contribution in [0.3, 0.4) is 0 Å². The lowest BCUT2D eigenvalue weighted by molar-refractivity contribution is -0.272. The van der Waals surface area contributed by atoms with Gasteiger partial charge in [-0.15, -0.1) is 0 Å². The zero-order chi connectivity index (χ0) is 23.3. The quantitative estimate of drug-likeness (QED) is 0.471. The molecule has 7 heteroatoms. The fraction of sp³-hybridized carbons (Fsp3) is 0.385. The van der Waals surface area contributed by atoms with Gasteiger partial charge in [-0.2, -0.15) is 0 Å². The highest BCUT2D eigenvalue weighted by Crippen LogP contribution is 2.26. The van der Waals surface area contributed by atoms with Gasteiger partial charge in [-0.05, 0) is 43.2 Å². The Bertz CT molecular complexity index is 1050. The van der Waals surface area contributed by atoms with Crippen molar-refractivity contribution in [2.45, 2.75) is 32.5 Å². The molecule has 1 aliphatic heterocycles. The smallest absolute Gasteiger partial charge is 0.366 e. The molecule has 1 saturated heterocycles. The minimum Gasteiger partial charge on any atom is -0.493 e. The molecule has 1 aliphatic rings. The minimum absolute atomic E-state index is 0.170. The highest BCUT2D eigenvalue weighted by molar-refractivity contribution is 5.77. The largest absolute Gasteiger partial charge is 0.493 e. The zero-order valence-electron chi connectivity index (χ0n) is 19.2. The fourth-order valence-corrected chi connectivity index (χ4v) is 3.75. The van der Waals surface area contributed by atoms with Crippen LogP contribution in [-0.2, 0) is 31.8 Å². The molecular formula is C26H29NO6. The van der Waals surface area contributed by atoms with Gasteiger partial charge in [-0.1, -0.05) is 30.3 Å². The molecule has 7 nitrogen and oxygen atoms in total. The topological polar surface area (TPSA) is 80.0 Å². The third kappa shape index (κ3) is 5.61. The summed E-state index contributed by atoms with van der Waals surface area (Å²) in [5, 5.41) is 0. The van der Waals surface area contributed by atoms with Gasteiger partial charge < -0.3 is 23.4 Å². The molecule has 0 saturated carbocycles. The molecule has 174 valence electrons. The number of methoxy groups -OCH3 is 1. The second-order valence-corrected chi connectivity index (χ2v) is 8.26. The molecule has 2 aromatic carbocycles. The molecule has 1 aromatic heterocycles. The number of carbonyl (C=O) groups excluding carboxylic acids is 1. The number of hydrogen-bond acceptors (Lipinski definition) is 7. The van der Waals surface area contributed by atoms with Crippen molar-refractivity contribution in [3.05, 3.63) is 71.6 Å². The molecule has 2 heterocycles. The second kappa shape index (κ2) is 10.2. The van der Waals surface area contributed by atoms with Crippen molar-refractivity contribution in [2.75, 3.05) is 26.9 Å². The van der Waals surface area contributed by atoms with E-state index in [2.05, 4.69) is 4.98 Å². The molecule has 0 radical (unpaired) electrons. The van der Waals surface area contributed by atoms with Crippen LogP contribution in [0.4, 0.5) is 0 Å². The van der Waals surface area contributed by atoms with E-state index in [9.17, 15) is 4.79 Å². The number of aromatic nitrogens is 1. The Kier molecular flexibility index (Phi) is 7.11. The first-order chi connectivity index (χ1) is 16.0. The summed E-state index contributed by atoms with van der Waals surface area (Å²) in [7, 11) is 1.32. The molecule has 0 spiro atoms. The van der Waals surface area contributed by atoms with E-state index < -0.39 is 11.8 Å². The van der Waals surface area contributed by atoms with Crippen LogP contribution in [0.2, 0.25) is 0 Å². The summed E-state index contributed by atoms with van der Waals surface area (Å²) in [6.07, 6.45) is 1.46. The van der Waals surface area contributed by atoms with E-state index in [0.29, 0.717) is 32.1 Å². The van der Waals surface area contributed by atoms with Gasteiger partial charge in [0.2, 0.25) is 5.89 Å². The molecule has 0 unspecified atom stereocenters. The number of benzene rings is 2. The van der Waals surface area contributed by atoms with E-state index in [1.165, 1.54) is 7.11 Å². The van der Waals surface area contributed by atoms with Crippen molar-refractivity contribution >= 4 is 5.97 Å². The molecule has 33 heavy (non-hydrogen) atoms. The summed E-state index contributed by atoms with van der Waals surface area (Å²) >= 11 is 0. The van der Waals surface area contributed by atoms with Crippen LogP contribution in [-0.4, -0.2) is 43.7 Å². The van der Waals surface area contributed by atoms with E-state index in [0.717, 1.165) is 34.8 Å². The minimum atomic E-state index is -1.31. The third-order valence-electron chi connectivity index (χ3n) is 5.71. The maximum Gasteiger partial charge on any atom is 0.366 e. The summed E-state index contributed by atoms with van der Waals surface area (Å²) in [4.78, 5) is 16.4. The van der Waals surface area contributed by atoms with Gasteiger partial charge in [0.05, 0.1) is 32.6 Å². The SMILES string of the molecule is COC(=O)[C@]1(C)OC[C@H](Cc2ccc(OCCc3nc(-c4ccccc4)oc3C)cc2)CO1. The first kappa shape index (κ1) is 23.0. The van der Waals surface area contributed by atoms with Gasteiger partial charge in [0.25, 0.3) is 5.79 Å². The van der Waals surface area contributed by atoms with Crippen molar-refractivity contribution in [3.8, 4) is 17.2 Å². The number of nitrogens with zero attached hydrogens (tertiary/aromatic N) is 1. The summed E-state index contributed by atoms with van der Waals surface area (Å²) < 4.78 is 27.7. The number of esters is 1. The lowest BCUT2D eigenvalue weighted by Gasteiger charge is -2.35. The van der Waals surface area contributed by atoms with Gasteiger partial charge in [-0.3, -0.25) is 0 Å². The van der Waals surface area contributed by atoms with E-state index in [-0.39, 0.29) is 5.92 Å². The molecular weight excluding hydrogens is 422 g/mol. The summed E-state index contributed by atoms with van der Waals surface area (Å²) in [5.74, 6) is 0.594. The standard InChI is InChI=1S/C26H29NO6/c1-18-23(27-24(33-18)21-7-5-4-6-8-21)13-14-30-22-11-9-19(10-12-22)15-20-16-31-26(2,32-17-20)25(28)29-3/h4-12,20H,13-17H2,1-3H3/t20-,26+. The number of aryl methyl sites for hydroxylation is 1. The van der Waals surface area contributed by atoms with Crippen LogP contribution in [0, 0.1) is 12.8 Å². The second-order valence-electron chi connectivity index (χ2n) is 8.26. The number of carbonyl (C=O) groups is 1. The molecule has 0 aliphatic carbocycles. The van der Waals surface area contributed by atoms with E-state index in [4.69, 9.17) is 23.4 Å². The van der Waals surface area contributed by atoms with Crippen LogP contribution in [0.15, 0.2) is 59.0 Å². The van der Waals surface area contributed by atoms with Crippen molar-refractivity contribution in [1.29, 1.82) is 0 Å². The van der Waals surface area contributed by atoms with Crippen LogP contribution in [0.1, 0.15) is 23.9 Å². The third-order valence-corrected chi connectivity index (χ3v) is 5.71. The summed E-state index contributed by atoms with van der Waals surface area (Å²) in [5.41, 5.74) is 3.02. The van der Waals surface area contributed by atoms with Crippen molar-refractivity contribution in [1.82, 2.24) is 4.98 Å². The lowest BCUT2D eigenvalue weighted by Crippen LogP contribution is -2.48. The molecule has 0 N–H and O–H groups in total. The lowest BCUT2D eigenvalue weighted by atomic mass is 9.99. The Balaban J connectivity index is 1.25. The highest BCUT2D eigenvalue weighted by Gasteiger charge is 2.41. The van der Waals surface area contributed by atoms with E-state index in [1.54, 1.807) is 6.92 Å². The molecule has 1 fully saturated rings. The summed E-state index contributed by atoms with van der Waals surface area (Å²) in [6.45, 7) is 4.90. The first-order valence-electron chi connectivity index (χ1n) is 11.1. The highest BCUT2D eigenvalue weighted by atomic mass is 16.7. The maximum absolute atomic E-state index is 11.8. The van der Waals surface area contributed by atoms with Gasteiger partial charge in [0, 0.05) is 24.8 Å². The normalized spacial score (nSPS) is 20.4. The average Bonchev–Trinajstić information content (AvgIpc) is 3.22. The average molecular weight is 452 g/mol. The molecule has 0 amide bonds. The Morgan fingerprint density at radius 3 is 2.45 bits per heavy atom. The fourth-order valence-electron chi connectivity index (χ4n) is 3.75. The summed E-state index contributed by atoms with van der Waals surface area (Å²) in [6, 6.07) is 17.9. The van der Waals surface area contributed by atoms with Crippen molar-refractivity contribution in [3.63, 3.8) is 0 Å². The van der Waals surface area contributed by atoms with Gasteiger partial charge in [0.1, 0.15) is 11.5 Å². The van der Waals surface area contributed by atoms with Crippen LogP contribution in [0.5, 0.6) is 5.75 Å². The van der Waals surface area contributed by atoms with Crippen LogP contribution in [0.25, 0.3) is 11.5 Å². The molecule has 0 bridgehead atoms. The van der Waals surface area contributed by atoms with E-state index in [1.807, 2.05) is 61.5 Å². The van der Waals surface area contributed by atoms with Crippen molar-refractivity contribution < 1.29 is 28.2 Å². The number of oxazole rings is 1. The predicted octanol–water partition coefficient (Wildman–Crippen LogP) is 4.37.